The summed E-state index contributed by atoms with van der Waals surface area (Å²) in [4.78, 5) is 28.8. The molecule has 1 aromatic heterocycles. The van der Waals surface area contributed by atoms with Gasteiger partial charge in [0.05, 0.1) is 12.6 Å². The van der Waals surface area contributed by atoms with Crippen molar-refractivity contribution in [3.8, 4) is 0 Å². The summed E-state index contributed by atoms with van der Waals surface area (Å²) < 4.78 is 5.38. The first-order chi connectivity index (χ1) is 10.7. The molecule has 1 unspecified atom stereocenters. The average molecular weight is 323 g/mol. The van der Waals surface area contributed by atoms with Crippen LogP contribution in [0.3, 0.4) is 0 Å². The van der Waals surface area contributed by atoms with Gasteiger partial charge in [-0.15, -0.1) is 0 Å². The van der Waals surface area contributed by atoms with Crippen molar-refractivity contribution in [1.82, 2.24) is 15.2 Å². The number of H-pyrrole nitrogens is 1. The van der Waals surface area contributed by atoms with Crippen molar-refractivity contribution >= 4 is 12.0 Å². The molecule has 0 saturated carbocycles. The summed E-state index contributed by atoms with van der Waals surface area (Å²) in [6.07, 6.45) is -0.265. The van der Waals surface area contributed by atoms with Gasteiger partial charge in [-0.25, -0.2) is 4.79 Å². The monoisotopic (exact) mass is 323 g/mol. The Labute approximate surface area is 136 Å². The molecule has 1 aliphatic heterocycles. The van der Waals surface area contributed by atoms with Crippen molar-refractivity contribution in [3.05, 3.63) is 23.0 Å². The molecule has 0 fully saturated rings. The third-order valence-corrected chi connectivity index (χ3v) is 3.45. The zero-order valence-corrected chi connectivity index (χ0v) is 14.1. The third kappa shape index (κ3) is 4.72. The van der Waals surface area contributed by atoms with Gasteiger partial charge in [-0.3, -0.25) is 4.79 Å². The smallest absolute Gasteiger partial charge is 0.410 e. The predicted molar refractivity (Wildman–Crippen MR) is 85.2 cm³/mol. The lowest BCUT2D eigenvalue weighted by atomic mass is 10.1. The van der Waals surface area contributed by atoms with Crippen molar-refractivity contribution in [2.45, 2.75) is 52.4 Å². The number of hydrogen-bond donors (Lipinski definition) is 3. The van der Waals surface area contributed by atoms with Crippen molar-refractivity contribution in [2.75, 3.05) is 13.1 Å². The molecule has 0 spiro atoms. The Balaban J connectivity index is 2.02. The summed E-state index contributed by atoms with van der Waals surface area (Å²) in [6, 6.07) is 1.80. The van der Waals surface area contributed by atoms with Gasteiger partial charge < -0.3 is 25.0 Å². The number of aliphatic hydroxyl groups is 1. The summed E-state index contributed by atoms with van der Waals surface area (Å²) in [7, 11) is 0. The molecular weight excluding hydrogens is 298 g/mol. The van der Waals surface area contributed by atoms with Gasteiger partial charge in [-0.2, -0.15) is 0 Å². The van der Waals surface area contributed by atoms with Gasteiger partial charge in [-0.1, -0.05) is 0 Å². The Hall–Kier alpha value is -2.02. The van der Waals surface area contributed by atoms with Crippen LogP contribution in [0, 0.1) is 0 Å². The van der Waals surface area contributed by atoms with E-state index in [0.29, 0.717) is 25.2 Å². The summed E-state index contributed by atoms with van der Waals surface area (Å²) in [5.74, 6) is -0.260. The fraction of sp³-hybridized carbons (Fsp3) is 0.625. The molecule has 1 aliphatic rings. The summed E-state index contributed by atoms with van der Waals surface area (Å²) in [6.45, 7) is 8.27. The Bertz CT molecular complexity index is 587. The molecule has 2 heterocycles. The third-order valence-electron chi connectivity index (χ3n) is 3.45. The van der Waals surface area contributed by atoms with E-state index in [4.69, 9.17) is 4.74 Å². The van der Waals surface area contributed by atoms with E-state index in [1.165, 1.54) is 0 Å². The normalized spacial score (nSPS) is 15.8. The number of aliphatic hydroxyl groups excluding tert-OH is 1. The highest BCUT2D eigenvalue weighted by molar-refractivity contribution is 5.92. The number of hydrogen-bond acceptors (Lipinski definition) is 4. The maximum Gasteiger partial charge on any atom is 0.410 e. The van der Waals surface area contributed by atoms with Gasteiger partial charge in [0, 0.05) is 18.8 Å². The zero-order chi connectivity index (χ0) is 17.2. The van der Waals surface area contributed by atoms with Crippen molar-refractivity contribution < 1.29 is 19.4 Å². The van der Waals surface area contributed by atoms with Gasteiger partial charge >= 0.3 is 6.09 Å². The van der Waals surface area contributed by atoms with E-state index in [1.807, 2.05) is 20.8 Å². The second kappa shape index (κ2) is 6.62. The van der Waals surface area contributed by atoms with Crippen LogP contribution in [0.2, 0.25) is 0 Å². The fourth-order valence-corrected chi connectivity index (χ4v) is 2.37. The van der Waals surface area contributed by atoms with Gasteiger partial charge in [0.15, 0.2) is 0 Å². The lowest BCUT2D eigenvalue weighted by Crippen LogP contribution is -2.39. The van der Waals surface area contributed by atoms with Crippen molar-refractivity contribution in [3.63, 3.8) is 0 Å². The van der Waals surface area contributed by atoms with Gasteiger partial charge in [0.25, 0.3) is 5.91 Å². The molecule has 128 valence electrons. The number of carbonyl (C=O) groups is 2. The van der Waals surface area contributed by atoms with Gasteiger partial charge in [-0.05, 0) is 45.7 Å². The number of rotatable bonds is 3. The fourth-order valence-electron chi connectivity index (χ4n) is 2.37. The Morgan fingerprint density at radius 2 is 2.17 bits per heavy atom. The first kappa shape index (κ1) is 17.3. The second-order valence-electron chi connectivity index (χ2n) is 6.90. The van der Waals surface area contributed by atoms with E-state index in [-0.39, 0.29) is 18.5 Å². The van der Waals surface area contributed by atoms with Crippen LogP contribution in [0.4, 0.5) is 4.79 Å². The summed E-state index contributed by atoms with van der Waals surface area (Å²) in [5, 5.41) is 11.9. The minimum Gasteiger partial charge on any atom is -0.444 e. The Morgan fingerprint density at radius 3 is 2.78 bits per heavy atom. The SMILES string of the molecule is CC(O)CNC(=O)c1cc2c([nH]1)CN(C(=O)OC(C)(C)C)CC2. The molecule has 0 radical (unpaired) electrons. The van der Waals surface area contributed by atoms with E-state index in [1.54, 1.807) is 17.9 Å². The zero-order valence-electron chi connectivity index (χ0n) is 14.1. The molecule has 0 saturated heterocycles. The maximum absolute atomic E-state index is 12.1. The van der Waals surface area contributed by atoms with Crippen LogP contribution < -0.4 is 5.32 Å². The molecule has 3 N–H and O–H groups in total. The highest BCUT2D eigenvalue weighted by Gasteiger charge is 2.27. The van der Waals surface area contributed by atoms with Crippen LogP contribution >= 0.6 is 0 Å². The van der Waals surface area contributed by atoms with Crippen LogP contribution in [0.15, 0.2) is 6.07 Å². The number of fused-ring (bicyclic) bond motifs is 1. The second-order valence-corrected chi connectivity index (χ2v) is 6.90. The van der Waals surface area contributed by atoms with Crippen molar-refractivity contribution in [2.24, 2.45) is 0 Å². The van der Waals surface area contributed by atoms with Crippen molar-refractivity contribution in [1.29, 1.82) is 0 Å². The first-order valence-corrected chi connectivity index (χ1v) is 7.80. The van der Waals surface area contributed by atoms with E-state index in [0.717, 1.165) is 11.3 Å². The number of aromatic amines is 1. The molecule has 2 amide bonds. The number of nitrogens with zero attached hydrogens (tertiary/aromatic N) is 1. The summed E-state index contributed by atoms with van der Waals surface area (Å²) in [5.41, 5.74) is 1.80. The quantitative estimate of drug-likeness (QED) is 0.784. The summed E-state index contributed by atoms with van der Waals surface area (Å²) >= 11 is 0. The van der Waals surface area contributed by atoms with E-state index in [9.17, 15) is 14.7 Å². The Kier molecular flexibility index (Phi) is 4.99. The first-order valence-electron chi connectivity index (χ1n) is 7.80. The average Bonchev–Trinajstić information content (AvgIpc) is 2.85. The van der Waals surface area contributed by atoms with Crippen LogP contribution in [-0.2, 0) is 17.7 Å². The molecule has 0 aliphatic carbocycles. The highest BCUT2D eigenvalue weighted by atomic mass is 16.6. The molecule has 1 aromatic rings. The number of ether oxygens (including phenoxy) is 1. The van der Waals surface area contributed by atoms with E-state index < -0.39 is 11.7 Å². The molecule has 0 aromatic carbocycles. The maximum atomic E-state index is 12.1. The molecule has 0 bridgehead atoms. The van der Waals surface area contributed by atoms with E-state index >= 15 is 0 Å². The molecule has 7 heteroatoms. The Morgan fingerprint density at radius 1 is 1.48 bits per heavy atom. The lowest BCUT2D eigenvalue weighted by molar-refractivity contribution is 0.0221. The lowest BCUT2D eigenvalue weighted by Gasteiger charge is -2.29. The molecule has 2 rings (SSSR count). The largest absolute Gasteiger partial charge is 0.444 e. The van der Waals surface area contributed by atoms with Crippen LogP contribution in [-0.4, -0.2) is 51.8 Å². The molecule has 1 atom stereocenters. The minimum atomic E-state index is -0.591. The van der Waals surface area contributed by atoms with E-state index in [2.05, 4.69) is 10.3 Å². The highest BCUT2D eigenvalue weighted by Crippen LogP contribution is 2.21. The van der Waals surface area contributed by atoms with Gasteiger partial charge in [0.2, 0.25) is 0 Å². The van der Waals surface area contributed by atoms with Crippen LogP contribution in [0.1, 0.15) is 49.4 Å². The number of amides is 2. The van der Waals surface area contributed by atoms with Crippen LogP contribution in [0.25, 0.3) is 0 Å². The van der Waals surface area contributed by atoms with Crippen LogP contribution in [0.5, 0.6) is 0 Å². The number of nitrogens with one attached hydrogen (secondary N) is 2. The standard InChI is InChI=1S/C16H25N3O4/c1-10(20)8-17-14(21)12-7-11-5-6-19(9-13(11)18-12)15(22)23-16(2,3)4/h7,10,18,20H,5-6,8-9H2,1-4H3,(H,17,21). The topological polar surface area (TPSA) is 94.7 Å². The minimum absolute atomic E-state index is 0.201. The predicted octanol–water partition coefficient (Wildman–Crippen LogP) is 1.42. The molecule has 23 heavy (non-hydrogen) atoms. The molecular formula is C16H25N3O4. The molecule has 7 nitrogen and oxygen atoms in total. The number of carbonyl (C=O) groups excluding carboxylic acids is 2. The number of aromatic nitrogens is 1. The van der Waals surface area contributed by atoms with Gasteiger partial charge in [0.1, 0.15) is 11.3 Å².